The van der Waals surface area contributed by atoms with Crippen molar-refractivity contribution in [1.29, 1.82) is 0 Å². The van der Waals surface area contributed by atoms with Gasteiger partial charge in [-0.25, -0.2) is 0 Å². The Morgan fingerprint density at radius 2 is 1.89 bits per heavy atom. The lowest BCUT2D eigenvalue weighted by molar-refractivity contribution is -0.137. The lowest BCUT2D eigenvalue weighted by atomic mass is 10.0. The van der Waals surface area contributed by atoms with Gasteiger partial charge in [0.25, 0.3) is 0 Å². The first-order valence-corrected chi connectivity index (χ1v) is 7.05. The van der Waals surface area contributed by atoms with Crippen molar-refractivity contribution < 1.29 is 14.7 Å². The van der Waals surface area contributed by atoms with Gasteiger partial charge in [0.1, 0.15) is 0 Å². The number of aliphatic carboxylic acids is 1. The highest BCUT2D eigenvalue weighted by Crippen LogP contribution is 2.54. The molecule has 1 amide bonds. The van der Waals surface area contributed by atoms with E-state index in [1.807, 2.05) is 6.92 Å². The van der Waals surface area contributed by atoms with E-state index in [9.17, 15) is 9.59 Å². The van der Waals surface area contributed by atoms with Crippen LogP contribution in [0.3, 0.4) is 0 Å². The molecular weight excluding hydrogens is 230 g/mol. The minimum atomic E-state index is -0.740. The Hall–Kier alpha value is -1.06. The third-order valence-corrected chi connectivity index (χ3v) is 4.40. The summed E-state index contributed by atoms with van der Waals surface area (Å²) in [5, 5.41) is 11.6. The number of hydrogen-bond acceptors (Lipinski definition) is 2. The minimum absolute atomic E-state index is 0.215. The lowest BCUT2D eigenvalue weighted by Gasteiger charge is -2.14. The zero-order valence-electron chi connectivity index (χ0n) is 11.0. The van der Waals surface area contributed by atoms with Crippen molar-refractivity contribution in [3.8, 4) is 0 Å². The van der Waals surface area contributed by atoms with Crippen LogP contribution in [-0.2, 0) is 9.59 Å². The Morgan fingerprint density at radius 1 is 1.22 bits per heavy atom. The number of nitrogens with one attached hydrogen (secondary N) is 1. The van der Waals surface area contributed by atoms with E-state index in [0.717, 1.165) is 31.1 Å². The van der Waals surface area contributed by atoms with Gasteiger partial charge >= 0.3 is 5.97 Å². The first-order chi connectivity index (χ1) is 8.56. The Kier molecular flexibility index (Phi) is 4.25. The molecule has 0 aromatic rings. The van der Waals surface area contributed by atoms with Gasteiger partial charge in [-0.2, -0.15) is 0 Å². The number of rotatable bonds is 7. The molecule has 4 heteroatoms. The second-order valence-corrected chi connectivity index (χ2v) is 6.04. The summed E-state index contributed by atoms with van der Waals surface area (Å²) in [6, 6.07) is 0. The van der Waals surface area contributed by atoms with Crippen LogP contribution in [0.4, 0.5) is 0 Å². The van der Waals surface area contributed by atoms with E-state index in [2.05, 4.69) is 5.32 Å². The molecule has 2 saturated carbocycles. The van der Waals surface area contributed by atoms with E-state index in [1.165, 1.54) is 6.42 Å². The van der Waals surface area contributed by atoms with Crippen LogP contribution in [0.2, 0.25) is 0 Å². The number of carbonyl (C=O) groups is 2. The average Bonchev–Trinajstić information content (AvgIpc) is 2.93. The third-order valence-electron chi connectivity index (χ3n) is 4.40. The number of carbonyl (C=O) groups excluding carboxylic acids is 1. The predicted molar refractivity (Wildman–Crippen MR) is 68.0 cm³/mol. The molecule has 2 aliphatic rings. The second-order valence-electron chi connectivity index (χ2n) is 6.04. The Bertz CT molecular complexity index is 319. The smallest absolute Gasteiger partial charge is 0.303 e. The van der Waals surface area contributed by atoms with E-state index < -0.39 is 5.97 Å². The SMILES string of the molecule is CC(CCNC(=O)C1CC2CC2C1)CCC(=O)O. The van der Waals surface area contributed by atoms with Gasteiger partial charge in [-0.3, -0.25) is 9.59 Å². The van der Waals surface area contributed by atoms with Crippen LogP contribution < -0.4 is 5.32 Å². The van der Waals surface area contributed by atoms with Crippen LogP contribution >= 0.6 is 0 Å². The van der Waals surface area contributed by atoms with Gasteiger partial charge in [0, 0.05) is 18.9 Å². The van der Waals surface area contributed by atoms with Gasteiger partial charge in [-0.15, -0.1) is 0 Å². The van der Waals surface area contributed by atoms with Gasteiger partial charge in [0.05, 0.1) is 0 Å². The molecule has 0 radical (unpaired) electrons. The molecule has 0 aromatic carbocycles. The second kappa shape index (κ2) is 5.72. The number of fused-ring (bicyclic) bond motifs is 1. The summed E-state index contributed by atoms with van der Waals surface area (Å²) in [5.41, 5.74) is 0. The minimum Gasteiger partial charge on any atom is -0.481 e. The molecule has 0 saturated heterocycles. The summed E-state index contributed by atoms with van der Waals surface area (Å²) in [6.07, 6.45) is 5.31. The Labute approximate surface area is 108 Å². The van der Waals surface area contributed by atoms with Crippen molar-refractivity contribution in [2.75, 3.05) is 6.54 Å². The van der Waals surface area contributed by atoms with Crippen LogP contribution in [0, 0.1) is 23.7 Å². The van der Waals surface area contributed by atoms with Crippen LogP contribution in [0.25, 0.3) is 0 Å². The van der Waals surface area contributed by atoms with Crippen molar-refractivity contribution in [3.05, 3.63) is 0 Å². The summed E-state index contributed by atoms with van der Waals surface area (Å²) in [4.78, 5) is 22.3. The van der Waals surface area contributed by atoms with Gasteiger partial charge in [0.15, 0.2) is 0 Å². The first-order valence-electron chi connectivity index (χ1n) is 7.05. The fraction of sp³-hybridized carbons (Fsp3) is 0.857. The Balaban J connectivity index is 1.54. The maximum Gasteiger partial charge on any atom is 0.303 e. The van der Waals surface area contributed by atoms with Crippen molar-refractivity contribution in [1.82, 2.24) is 5.32 Å². The molecular formula is C14H23NO3. The average molecular weight is 253 g/mol. The van der Waals surface area contributed by atoms with Crippen LogP contribution in [-0.4, -0.2) is 23.5 Å². The summed E-state index contributed by atoms with van der Waals surface area (Å²) in [5.74, 6) is 1.77. The van der Waals surface area contributed by atoms with E-state index >= 15 is 0 Å². The number of hydrogen-bond donors (Lipinski definition) is 2. The monoisotopic (exact) mass is 253 g/mol. The maximum absolute atomic E-state index is 11.9. The lowest BCUT2D eigenvalue weighted by Crippen LogP contribution is -2.31. The predicted octanol–water partition coefficient (Wildman–Crippen LogP) is 2.04. The number of amides is 1. The molecule has 3 unspecified atom stereocenters. The molecule has 0 bridgehead atoms. The summed E-state index contributed by atoms with van der Waals surface area (Å²) in [6.45, 7) is 2.73. The number of carboxylic acid groups (broad SMARTS) is 1. The van der Waals surface area contributed by atoms with Gasteiger partial charge in [-0.1, -0.05) is 6.92 Å². The topological polar surface area (TPSA) is 66.4 Å². The van der Waals surface area contributed by atoms with Gasteiger partial charge < -0.3 is 10.4 Å². The van der Waals surface area contributed by atoms with E-state index in [-0.39, 0.29) is 18.2 Å². The summed E-state index contributed by atoms with van der Waals surface area (Å²) < 4.78 is 0. The largest absolute Gasteiger partial charge is 0.481 e. The highest BCUT2D eigenvalue weighted by Gasteiger charge is 2.47. The standard InChI is InChI=1S/C14H23NO3/c1-9(2-3-13(16)17)4-5-15-14(18)12-7-10-6-11(10)8-12/h9-12H,2-8H2,1H3,(H,15,18)(H,16,17). The molecule has 0 spiro atoms. The van der Waals surface area contributed by atoms with Crippen molar-refractivity contribution in [2.45, 2.75) is 45.4 Å². The van der Waals surface area contributed by atoms with Gasteiger partial charge in [0.2, 0.25) is 5.91 Å². The normalized spacial score (nSPS) is 30.6. The van der Waals surface area contributed by atoms with Crippen LogP contribution in [0.1, 0.15) is 45.4 Å². The molecule has 0 aliphatic heterocycles. The zero-order chi connectivity index (χ0) is 13.1. The molecule has 0 heterocycles. The molecule has 3 atom stereocenters. The molecule has 2 fully saturated rings. The third kappa shape index (κ3) is 3.72. The summed E-state index contributed by atoms with van der Waals surface area (Å²) in [7, 11) is 0. The van der Waals surface area contributed by atoms with E-state index in [4.69, 9.17) is 5.11 Å². The quantitative estimate of drug-likeness (QED) is 0.729. The molecule has 18 heavy (non-hydrogen) atoms. The highest BCUT2D eigenvalue weighted by atomic mass is 16.4. The fourth-order valence-corrected chi connectivity index (χ4v) is 3.03. The molecule has 0 aromatic heterocycles. The Morgan fingerprint density at radius 3 is 2.50 bits per heavy atom. The van der Waals surface area contributed by atoms with E-state index in [1.54, 1.807) is 0 Å². The molecule has 2 aliphatic carbocycles. The fourth-order valence-electron chi connectivity index (χ4n) is 3.03. The molecule has 102 valence electrons. The van der Waals surface area contributed by atoms with Crippen molar-refractivity contribution in [2.24, 2.45) is 23.7 Å². The summed E-state index contributed by atoms with van der Waals surface area (Å²) >= 11 is 0. The number of carboxylic acids is 1. The van der Waals surface area contributed by atoms with Crippen LogP contribution in [0.15, 0.2) is 0 Å². The van der Waals surface area contributed by atoms with Crippen LogP contribution in [0.5, 0.6) is 0 Å². The van der Waals surface area contributed by atoms with Crippen molar-refractivity contribution >= 4 is 11.9 Å². The molecule has 2 rings (SSSR count). The highest BCUT2D eigenvalue weighted by molar-refractivity contribution is 5.79. The zero-order valence-corrected chi connectivity index (χ0v) is 11.0. The first kappa shape index (κ1) is 13.4. The van der Waals surface area contributed by atoms with Gasteiger partial charge in [-0.05, 0) is 49.9 Å². The van der Waals surface area contributed by atoms with Crippen molar-refractivity contribution in [3.63, 3.8) is 0 Å². The molecule has 4 nitrogen and oxygen atoms in total. The van der Waals surface area contributed by atoms with E-state index in [0.29, 0.717) is 18.9 Å². The maximum atomic E-state index is 11.9. The molecule has 2 N–H and O–H groups in total.